The van der Waals surface area contributed by atoms with E-state index in [1.807, 2.05) is 24.3 Å². The van der Waals surface area contributed by atoms with Gasteiger partial charge in [0.25, 0.3) is 0 Å². The molecule has 0 saturated carbocycles. The van der Waals surface area contributed by atoms with Gasteiger partial charge in [-0.1, -0.05) is 12.1 Å². The molecule has 0 aliphatic carbocycles. The smallest absolute Gasteiger partial charge is 0.413 e. The quantitative estimate of drug-likeness (QED) is 0.446. The number of fused-ring (bicyclic) bond motifs is 2. The van der Waals surface area contributed by atoms with Gasteiger partial charge in [-0.3, -0.25) is 9.69 Å². The van der Waals surface area contributed by atoms with Crippen LogP contribution >= 0.6 is 22.7 Å². The number of para-hydroxylation sites is 1. The van der Waals surface area contributed by atoms with Crippen LogP contribution in [0, 0.1) is 0 Å². The van der Waals surface area contributed by atoms with Gasteiger partial charge in [-0.15, -0.1) is 22.7 Å². The van der Waals surface area contributed by atoms with Gasteiger partial charge in [0.05, 0.1) is 10.2 Å². The number of aromatic nitrogens is 1. The van der Waals surface area contributed by atoms with Crippen LogP contribution in [0.1, 0.15) is 44.2 Å². The first-order valence-electron chi connectivity index (χ1n) is 10.2. The van der Waals surface area contributed by atoms with Crippen molar-refractivity contribution >= 4 is 49.9 Å². The molecule has 1 aliphatic heterocycles. The average molecular weight is 498 g/mol. The Morgan fingerprint density at radius 1 is 1.18 bits per heavy atom. The Bertz CT molecular complexity index is 1190. The molecule has 1 N–H and O–H groups in total. The number of nitrogens with zero attached hydrogens (tertiary/aromatic N) is 2. The molecule has 4 rings (SSSR count). The summed E-state index contributed by atoms with van der Waals surface area (Å²) in [4.78, 5) is 29.8. The molecule has 6 nitrogen and oxygen atoms in total. The molecule has 33 heavy (non-hydrogen) atoms. The summed E-state index contributed by atoms with van der Waals surface area (Å²) >= 11 is 2.18. The molecule has 1 atom stereocenters. The van der Waals surface area contributed by atoms with Gasteiger partial charge in [0.2, 0.25) is 5.91 Å². The fourth-order valence-electron chi connectivity index (χ4n) is 3.75. The fourth-order valence-corrected chi connectivity index (χ4v) is 6.30. The second kappa shape index (κ2) is 8.28. The van der Waals surface area contributed by atoms with Crippen molar-refractivity contribution in [2.45, 2.75) is 51.9 Å². The zero-order valence-electron chi connectivity index (χ0n) is 18.4. The predicted molar refractivity (Wildman–Crippen MR) is 123 cm³/mol. The maximum atomic E-state index is 14.3. The number of anilines is 1. The number of rotatable bonds is 2. The summed E-state index contributed by atoms with van der Waals surface area (Å²) in [6, 6.07) is 5.24. The summed E-state index contributed by atoms with van der Waals surface area (Å²) < 4.78 is 49.0. The Morgan fingerprint density at radius 3 is 2.48 bits per heavy atom. The van der Waals surface area contributed by atoms with Gasteiger partial charge in [0, 0.05) is 23.9 Å². The number of amides is 2. The Balaban J connectivity index is 1.87. The van der Waals surface area contributed by atoms with Crippen molar-refractivity contribution in [1.29, 1.82) is 0 Å². The standard InChI is InChI=1S/C22H22F3N3O3S2/c1-11(29)26-18-15(19-27-13-7-5-6-8-14(13)32-19)12-9-10-28(20(30)31-21(2,3)4)17(16(12)33-18)22(23,24)25/h5-8,17H,9-10H2,1-4H3,(H,26,29). The van der Waals surface area contributed by atoms with Crippen LogP contribution in [0.3, 0.4) is 0 Å². The molecule has 2 aromatic heterocycles. The van der Waals surface area contributed by atoms with E-state index >= 15 is 0 Å². The van der Waals surface area contributed by atoms with E-state index in [0.717, 1.165) is 26.5 Å². The van der Waals surface area contributed by atoms with Crippen molar-refractivity contribution < 1.29 is 27.5 Å². The third kappa shape index (κ3) is 4.70. The number of thiophene rings is 1. The van der Waals surface area contributed by atoms with Gasteiger partial charge in [-0.05, 0) is 44.9 Å². The van der Waals surface area contributed by atoms with E-state index in [1.165, 1.54) is 18.3 Å². The van der Waals surface area contributed by atoms with Gasteiger partial charge >= 0.3 is 12.3 Å². The van der Waals surface area contributed by atoms with Crippen LogP contribution < -0.4 is 5.32 Å². The number of alkyl halides is 3. The summed E-state index contributed by atoms with van der Waals surface area (Å²) in [6.07, 6.45) is -5.57. The third-order valence-electron chi connectivity index (χ3n) is 4.94. The van der Waals surface area contributed by atoms with E-state index in [1.54, 1.807) is 20.8 Å². The number of hydrogen-bond acceptors (Lipinski definition) is 6. The molecule has 0 fully saturated rings. The lowest BCUT2D eigenvalue weighted by atomic mass is 9.97. The molecule has 3 aromatic rings. The minimum atomic E-state index is -4.73. The van der Waals surface area contributed by atoms with E-state index in [0.29, 0.717) is 21.1 Å². The number of thiazole rings is 1. The first-order chi connectivity index (χ1) is 15.3. The fraction of sp³-hybridized carbons (Fsp3) is 0.409. The average Bonchev–Trinajstić information content (AvgIpc) is 3.24. The normalized spacial score (nSPS) is 16.6. The number of benzene rings is 1. The van der Waals surface area contributed by atoms with Crippen LogP contribution in [-0.2, 0) is 16.0 Å². The lowest BCUT2D eigenvalue weighted by Crippen LogP contribution is -2.47. The lowest BCUT2D eigenvalue weighted by molar-refractivity contribution is -0.184. The molecule has 0 saturated heterocycles. The van der Waals surface area contributed by atoms with Crippen LogP contribution in [0.2, 0.25) is 0 Å². The van der Waals surface area contributed by atoms with E-state index in [9.17, 15) is 22.8 Å². The number of carbonyl (C=O) groups excluding carboxylic acids is 2. The molecule has 1 aliphatic rings. The van der Waals surface area contributed by atoms with Crippen molar-refractivity contribution in [2.24, 2.45) is 0 Å². The number of nitrogens with one attached hydrogen (secondary N) is 1. The largest absolute Gasteiger partial charge is 0.444 e. The summed E-state index contributed by atoms with van der Waals surface area (Å²) in [6.45, 7) is 5.95. The minimum Gasteiger partial charge on any atom is -0.444 e. The van der Waals surface area contributed by atoms with Crippen molar-refractivity contribution in [2.75, 3.05) is 11.9 Å². The molecular formula is C22H22F3N3O3S2. The molecule has 0 bridgehead atoms. The van der Waals surface area contributed by atoms with Crippen molar-refractivity contribution in [3.63, 3.8) is 0 Å². The molecule has 11 heteroatoms. The van der Waals surface area contributed by atoms with Gasteiger partial charge in [0.1, 0.15) is 15.6 Å². The van der Waals surface area contributed by atoms with Gasteiger partial charge < -0.3 is 10.1 Å². The van der Waals surface area contributed by atoms with Crippen LogP contribution in [-0.4, -0.2) is 40.2 Å². The van der Waals surface area contributed by atoms with Crippen LogP contribution in [0.4, 0.5) is 23.0 Å². The van der Waals surface area contributed by atoms with Crippen LogP contribution in [0.25, 0.3) is 20.8 Å². The zero-order valence-corrected chi connectivity index (χ0v) is 20.0. The maximum Gasteiger partial charge on any atom is 0.413 e. The van der Waals surface area contributed by atoms with Crippen molar-refractivity contribution in [3.05, 3.63) is 34.7 Å². The maximum absolute atomic E-state index is 14.3. The first kappa shape index (κ1) is 23.5. The van der Waals surface area contributed by atoms with Gasteiger partial charge in [-0.25, -0.2) is 9.78 Å². The Labute approximate surface area is 196 Å². The Kier molecular flexibility index (Phi) is 5.90. The lowest BCUT2D eigenvalue weighted by Gasteiger charge is -2.37. The topological polar surface area (TPSA) is 71.5 Å². The molecule has 2 amide bonds. The number of hydrogen-bond donors (Lipinski definition) is 1. The molecule has 1 unspecified atom stereocenters. The van der Waals surface area contributed by atoms with E-state index in [4.69, 9.17) is 4.74 Å². The summed E-state index contributed by atoms with van der Waals surface area (Å²) in [5, 5.41) is 3.50. The van der Waals surface area contributed by atoms with Crippen LogP contribution in [0.5, 0.6) is 0 Å². The van der Waals surface area contributed by atoms with Crippen molar-refractivity contribution in [3.8, 4) is 10.6 Å². The predicted octanol–water partition coefficient (Wildman–Crippen LogP) is 6.38. The Hall–Kier alpha value is -2.66. The highest BCUT2D eigenvalue weighted by Gasteiger charge is 2.52. The highest BCUT2D eigenvalue weighted by atomic mass is 32.1. The summed E-state index contributed by atoms with van der Waals surface area (Å²) in [7, 11) is 0. The molecule has 0 radical (unpaired) electrons. The number of halogens is 3. The van der Waals surface area contributed by atoms with E-state index in [2.05, 4.69) is 10.3 Å². The van der Waals surface area contributed by atoms with E-state index < -0.39 is 29.8 Å². The highest BCUT2D eigenvalue weighted by molar-refractivity contribution is 7.23. The monoisotopic (exact) mass is 497 g/mol. The van der Waals surface area contributed by atoms with Crippen molar-refractivity contribution in [1.82, 2.24) is 9.88 Å². The SMILES string of the molecule is CC(=O)Nc1sc2c(c1-c1nc3ccccc3s1)CCN(C(=O)OC(C)(C)C)C2C(F)(F)F. The van der Waals surface area contributed by atoms with Gasteiger partial charge in [0.15, 0.2) is 6.04 Å². The summed E-state index contributed by atoms with van der Waals surface area (Å²) in [5.74, 6) is -0.400. The number of carbonyl (C=O) groups is 2. The van der Waals surface area contributed by atoms with E-state index in [-0.39, 0.29) is 17.8 Å². The molecule has 1 aromatic carbocycles. The second-order valence-electron chi connectivity index (χ2n) is 8.68. The van der Waals surface area contributed by atoms with Gasteiger partial charge in [-0.2, -0.15) is 13.2 Å². The third-order valence-corrected chi connectivity index (χ3v) is 7.19. The highest BCUT2D eigenvalue weighted by Crippen LogP contribution is 2.52. The van der Waals surface area contributed by atoms with Crippen LogP contribution in [0.15, 0.2) is 24.3 Å². The molecular weight excluding hydrogens is 475 g/mol. The minimum absolute atomic E-state index is 0.0300. The Morgan fingerprint density at radius 2 is 1.88 bits per heavy atom. The first-order valence-corrected chi connectivity index (χ1v) is 11.8. The molecule has 3 heterocycles. The summed E-state index contributed by atoms with van der Waals surface area (Å²) in [5.41, 5.74) is 0.732. The zero-order chi connectivity index (χ0) is 24.1. The molecule has 0 spiro atoms. The molecule has 176 valence electrons. The second-order valence-corrected chi connectivity index (χ2v) is 10.8. The number of ether oxygens (including phenoxy) is 1.